The van der Waals surface area contributed by atoms with Crippen molar-refractivity contribution in [1.29, 1.82) is 0 Å². The van der Waals surface area contributed by atoms with Crippen molar-refractivity contribution < 1.29 is 4.74 Å². The van der Waals surface area contributed by atoms with Gasteiger partial charge < -0.3 is 10.5 Å². The Balaban J connectivity index is 2.79. The zero-order valence-electron chi connectivity index (χ0n) is 9.79. The molecule has 16 heavy (non-hydrogen) atoms. The first-order valence-corrected chi connectivity index (χ1v) is 6.18. The van der Waals surface area contributed by atoms with Crippen LogP contribution in [0.15, 0.2) is 34.3 Å². The molecule has 0 bridgehead atoms. The van der Waals surface area contributed by atoms with Crippen LogP contribution >= 0.6 is 15.9 Å². The lowest BCUT2D eigenvalue weighted by Gasteiger charge is -2.11. The minimum atomic E-state index is 0.600. The van der Waals surface area contributed by atoms with Gasteiger partial charge in [0, 0.05) is 0 Å². The van der Waals surface area contributed by atoms with Gasteiger partial charge in [0.05, 0.1) is 4.47 Å². The molecule has 0 aliphatic carbocycles. The van der Waals surface area contributed by atoms with Gasteiger partial charge in [-0.3, -0.25) is 0 Å². The average Bonchev–Trinajstić information content (AvgIpc) is 2.22. The van der Waals surface area contributed by atoms with Crippen molar-refractivity contribution in [3.63, 3.8) is 0 Å². The van der Waals surface area contributed by atoms with Crippen LogP contribution < -0.4 is 10.5 Å². The molecule has 2 nitrogen and oxygen atoms in total. The first-order valence-electron chi connectivity index (χ1n) is 5.38. The summed E-state index contributed by atoms with van der Waals surface area (Å²) in [5.74, 6) is 0.908. The van der Waals surface area contributed by atoms with Crippen LogP contribution in [0.4, 0.5) is 0 Å². The number of hydrogen-bond donors (Lipinski definition) is 1. The number of allylic oxidation sites excluding steroid dienone is 1. The summed E-state index contributed by atoms with van der Waals surface area (Å²) in [4.78, 5) is 0. The topological polar surface area (TPSA) is 35.2 Å². The van der Waals surface area contributed by atoms with E-state index >= 15 is 0 Å². The van der Waals surface area contributed by atoms with Gasteiger partial charge >= 0.3 is 0 Å². The van der Waals surface area contributed by atoms with Crippen LogP contribution in [0.5, 0.6) is 5.75 Å². The summed E-state index contributed by atoms with van der Waals surface area (Å²) >= 11 is 3.50. The molecule has 0 saturated heterocycles. The van der Waals surface area contributed by atoms with E-state index < -0.39 is 0 Å². The normalized spacial score (nSPS) is 10.0. The van der Waals surface area contributed by atoms with Gasteiger partial charge in [-0.15, -0.1) is 0 Å². The Bertz CT molecular complexity index is 370. The van der Waals surface area contributed by atoms with Crippen molar-refractivity contribution in [1.82, 2.24) is 0 Å². The maximum atomic E-state index is 5.75. The van der Waals surface area contributed by atoms with Gasteiger partial charge in [-0.05, 0) is 60.4 Å². The van der Waals surface area contributed by atoms with Gasteiger partial charge in [0.25, 0.3) is 0 Å². The van der Waals surface area contributed by atoms with E-state index in [0.29, 0.717) is 13.2 Å². The lowest BCUT2D eigenvalue weighted by Crippen LogP contribution is -2.06. The van der Waals surface area contributed by atoms with Crippen molar-refractivity contribution in [2.75, 3.05) is 13.2 Å². The maximum absolute atomic E-state index is 5.75. The van der Waals surface area contributed by atoms with Crippen LogP contribution in [-0.4, -0.2) is 13.2 Å². The largest absolute Gasteiger partial charge is 0.488 e. The fourth-order valence-corrected chi connectivity index (χ4v) is 1.88. The number of hydrogen-bond acceptors (Lipinski definition) is 2. The average molecular weight is 284 g/mol. The monoisotopic (exact) mass is 283 g/mol. The summed E-state index contributed by atoms with van der Waals surface area (Å²) in [6.07, 6.45) is 2.90. The number of benzene rings is 1. The fourth-order valence-electron chi connectivity index (χ4n) is 1.36. The quantitative estimate of drug-likeness (QED) is 0.842. The molecule has 1 aromatic rings. The highest BCUT2D eigenvalue weighted by Crippen LogP contribution is 2.29. The molecule has 0 fully saturated rings. The molecule has 0 amide bonds. The first kappa shape index (κ1) is 13.3. The molecule has 1 rings (SSSR count). The number of halogens is 1. The molecule has 0 aliphatic heterocycles. The number of rotatable bonds is 5. The first-order chi connectivity index (χ1) is 7.65. The molecule has 0 aliphatic rings. The van der Waals surface area contributed by atoms with Crippen LogP contribution in [0.1, 0.15) is 19.4 Å². The second kappa shape index (κ2) is 6.71. The second-order valence-electron chi connectivity index (χ2n) is 3.86. The molecule has 2 N–H and O–H groups in total. The van der Waals surface area contributed by atoms with Crippen molar-refractivity contribution in [2.45, 2.75) is 20.3 Å². The molecule has 0 radical (unpaired) electrons. The van der Waals surface area contributed by atoms with Crippen LogP contribution in [0, 0.1) is 0 Å². The third-order valence-corrected chi connectivity index (χ3v) is 2.81. The second-order valence-corrected chi connectivity index (χ2v) is 4.71. The molecule has 0 unspecified atom stereocenters. The van der Waals surface area contributed by atoms with Crippen molar-refractivity contribution in [3.8, 4) is 5.75 Å². The Kier molecular flexibility index (Phi) is 5.56. The zero-order chi connectivity index (χ0) is 12.0. The third-order valence-electron chi connectivity index (χ3n) is 2.18. The summed E-state index contributed by atoms with van der Waals surface area (Å²) in [6.45, 7) is 5.35. The highest BCUT2D eigenvalue weighted by molar-refractivity contribution is 9.10. The van der Waals surface area contributed by atoms with Gasteiger partial charge in [0.1, 0.15) is 12.4 Å². The molecular weight excluding hydrogens is 266 g/mol. The summed E-state index contributed by atoms with van der Waals surface area (Å²) < 4.78 is 6.74. The van der Waals surface area contributed by atoms with Gasteiger partial charge in [-0.25, -0.2) is 0 Å². The lowest BCUT2D eigenvalue weighted by atomic mass is 10.1. The minimum absolute atomic E-state index is 0.600. The maximum Gasteiger partial charge on any atom is 0.137 e. The molecule has 0 heterocycles. The van der Waals surface area contributed by atoms with Crippen LogP contribution in [0.25, 0.3) is 0 Å². The molecule has 3 heteroatoms. The molecule has 0 saturated carbocycles. The molecule has 0 atom stereocenters. The molecular formula is C13H18BrNO. The van der Waals surface area contributed by atoms with Crippen LogP contribution in [-0.2, 0) is 6.42 Å². The lowest BCUT2D eigenvalue weighted by molar-refractivity contribution is 0.355. The Morgan fingerprint density at radius 1 is 1.44 bits per heavy atom. The summed E-state index contributed by atoms with van der Waals surface area (Å²) in [5.41, 5.74) is 7.98. The van der Waals surface area contributed by atoms with Gasteiger partial charge in [-0.1, -0.05) is 17.7 Å². The third kappa shape index (κ3) is 3.99. The molecule has 0 spiro atoms. The predicted octanol–water partition coefficient (Wildman–Crippen LogP) is 3.30. The Labute approximate surface area is 106 Å². The molecule has 1 aromatic carbocycles. The van der Waals surface area contributed by atoms with E-state index in [2.05, 4.69) is 41.9 Å². The highest BCUT2D eigenvalue weighted by Gasteiger charge is 2.06. The fraction of sp³-hybridized carbons (Fsp3) is 0.385. The van der Waals surface area contributed by atoms with E-state index in [-0.39, 0.29) is 0 Å². The van der Waals surface area contributed by atoms with E-state index in [0.717, 1.165) is 22.2 Å². The van der Waals surface area contributed by atoms with Crippen LogP contribution in [0.3, 0.4) is 0 Å². The molecule has 88 valence electrons. The number of para-hydroxylation sites is 1. The van der Waals surface area contributed by atoms with Gasteiger partial charge in [0.2, 0.25) is 0 Å². The van der Waals surface area contributed by atoms with E-state index in [1.165, 1.54) is 5.57 Å². The zero-order valence-corrected chi connectivity index (χ0v) is 11.4. The number of ether oxygens (including phenoxy) is 1. The Hall–Kier alpha value is -0.800. The van der Waals surface area contributed by atoms with Crippen molar-refractivity contribution in [2.24, 2.45) is 5.73 Å². The Morgan fingerprint density at radius 2 is 2.19 bits per heavy atom. The van der Waals surface area contributed by atoms with E-state index in [9.17, 15) is 0 Å². The SMILES string of the molecule is CC(C)=CCOc1c(Br)cccc1CCN. The van der Waals surface area contributed by atoms with Crippen LogP contribution in [0.2, 0.25) is 0 Å². The van der Waals surface area contributed by atoms with E-state index in [4.69, 9.17) is 10.5 Å². The predicted molar refractivity (Wildman–Crippen MR) is 71.8 cm³/mol. The molecule has 0 aromatic heterocycles. The smallest absolute Gasteiger partial charge is 0.137 e. The van der Waals surface area contributed by atoms with Crippen molar-refractivity contribution in [3.05, 3.63) is 39.9 Å². The Morgan fingerprint density at radius 3 is 2.81 bits per heavy atom. The van der Waals surface area contributed by atoms with E-state index in [1.807, 2.05) is 12.1 Å². The van der Waals surface area contributed by atoms with E-state index in [1.54, 1.807) is 0 Å². The van der Waals surface area contributed by atoms with Gasteiger partial charge in [-0.2, -0.15) is 0 Å². The van der Waals surface area contributed by atoms with Crippen molar-refractivity contribution >= 4 is 15.9 Å². The summed E-state index contributed by atoms with van der Waals surface area (Å²) in [5, 5.41) is 0. The number of nitrogens with two attached hydrogens (primary N) is 1. The minimum Gasteiger partial charge on any atom is -0.488 e. The summed E-state index contributed by atoms with van der Waals surface area (Å²) in [7, 11) is 0. The highest BCUT2D eigenvalue weighted by atomic mass is 79.9. The standard InChI is InChI=1S/C13H18BrNO/c1-10(2)7-9-16-13-11(6-8-15)4-3-5-12(13)14/h3-5,7H,6,8-9,15H2,1-2H3. The van der Waals surface area contributed by atoms with Gasteiger partial charge in [0.15, 0.2) is 0 Å². The summed E-state index contributed by atoms with van der Waals surface area (Å²) in [6, 6.07) is 6.04.